The zero-order valence-corrected chi connectivity index (χ0v) is 12.6. The summed E-state index contributed by atoms with van der Waals surface area (Å²) in [5.41, 5.74) is 1.16. The summed E-state index contributed by atoms with van der Waals surface area (Å²) in [4.78, 5) is 6.09. The van der Waals surface area contributed by atoms with Crippen LogP contribution in [0.25, 0.3) is 0 Å². The van der Waals surface area contributed by atoms with Crippen molar-refractivity contribution in [2.24, 2.45) is 5.92 Å². The highest BCUT2D eigenvalue weighted by molar-refractivity contribution is 7.11. The number of hydrogen-bond donors (Lipinski definition) is 1. The summed E-state index contributed by atoms with van der Waals surface area (Å²) in [6.45, 7) is 7.58. The van der Waals surface area contributed by atoms with Gasteiger partial charge in [-0.15, -0.1) is 11.3 Å². The number of thiazole rings is 1. The Morgan fingerprint density at radius 1 is 1.50 bits per heavy atom. The van der Waals surface area contributed by atoms with Crippen LogP contribution >= 0.6 is 11.3 Å². The second-order valence-electron chi connectivity index (χ2n) is 5.17. The lowest BCUT2D eigenvalue weighted by Gasteiger charge is -2.12. The highest BCUT2D eigenvalue weighted by atomic mass is 32.1. The largest absolute Gasteiger partial charge is 0.374 e. The molecule has 1 aliphatic rings. The van der Waals surface area contributed by atoms with Gasteiger partial charge in [-0.25, -0.2) is 4.98 Å². The average molecular weight is 268 g/mol. The van der Waals surface area contributed by atoms with Crippen LogP contribution in [0, 0.1) is 12.8 Å². The third-order valence-corrected chi connectivity index (χ3v) is 4.89. The normalized spacial score (nSPS) is 18.9. The van der Waals surface area contributed by atoms with Gasteiger partial charge >= 0.3 is 0 Å². The van der Waals surface area contributed by atoms with E-state index >= 15 is 0 Å². The Bertz CT molecular complexity index is 387. The quantitative estimate of drug-likeness (QED) is 0.820. The maximum absolute atomic E-state index is 5.62. The van der Waals surface area contributed by atoms with Crippen molar-refractivity contribution < 1.29 is 4.74 Å². The summed E-state index contributed by atoms with van der Waals surface area (Å²) in [5, 5.41) is 4.70. The van der Waals surface area contributed by atoms with Crippen LogP contribution in [0.1, 0.15) is 60.8 Å². The molecule has 3 nitrogen and oxygen atoms in total. The van der Waals surface area contributed by atoms with E-state index in [2.05, 4.69) is 26.1 Å². The smallest absolute Gasteiger partial charge is 0.122 e. The van der Waals surface area contributed by atoms with Crippen molar-refractivity contribution in [3.63, 3.8) is 0 Å². The summed E-state index contributed by atoms with van der Waals surface area (Å²) in [5.74, 6) is 0.701. The van der Waals surface area contributed by atoms with Gasteiger partial charge in [0.05, 0.1) is 5.69 Å². The number of nitrogens with zero attached hydrogens (tertiary/aromatic N) is 1. The second kappa shape index (κ2) is 6.13. The van der Waals surface area contributed by atoms with Gasteiger partial charge < -0.3 is 10.1 Å². The van der Waals surface area contributed by atoms with Gasteiger partial charge in [0.25, 0.3) is 0 Å². The molecule has 0 aliphatic heterocycles. The number of rotatable bonds is 7. The molecule has 2 rings (SSSR count). The first-order chi connectivity index (χ1) is 8.67. The topological polar surface area (TPSA) is 34.1 Å². The van der Waals surface area contributed by atoms with Crippen molar-refractivity contribution in [1.29, 1.82) is 0 Å². The number of aromatic nitrogens is 1. The van der Waals surface area contributed by atoms with E-state index in [4.69, 9.17) is 9.72 Å². The molecule has 0 saturated heterocycles. The first kappa shape index (κ1) is 14.0. The standard InChI is InChI=1S/C14H24N2OS/c1-5-8-15-9(2)13-10(3)16-14(18-13)12(17-4)11-6-7-11/h9,11-12,15H,5-8H2,1-4H3. The van der Waals surface area contributed by atoms with Crippen LogP contribution in [-0.2, 0) is 4.74 Å². The van der Waals surface area contributed by atoms with Gasteiger partial charge in [0.1, 0.15) is 11.1 Å². The Balaban J connectivity index is 2.10. The Kier molecular flexibility index (Phi) is 4.76. The zero-order chi connectivity index (χ0) is 13.1. The van der Waals surface area contributed by atoms with Crippen LogP contribution in [0.4, 0.5) is 0 Å². The van der Waals surface area contributed by atoms with E-state index in [1.165, 1.54) is 17.7 Å². The van der Waals surface area contributed by atoms with E-state index in [0.717, 1.165) is 23.7 Å². The van der Waals surface area contributed by atoms with Crippen LogP contribution in [0.3, 0.4) is 0 Å². The monoisotopic (exact) mass is 268 g/mol. The summed E-state index contributed by atoms with van der Waals surface area (Å²) < 4.78 is 5.62. The average Bonchev–Trinajstić information content (AvgIpc) is 3.11. The van der Waals surface area contributed by atoms with E-state index < -0.39 is 0 Å². The zero-order valence-electron chi connectivity index (χ0n) is 11.8. The van der Waals surface area contributed by atoms with Crippen molar-refractivity contribution in [3.05, 3.63) is 15.6 Å². The molecule has 1 saturated carbocycles. The lowest BCUT2D eigenvalue weighted by atomic mass is 10.2. The molecule has 1 aromatic heterocycles. The third kappa shape index (κ3) is 3.11. The molecule has 1 N–H and O–H groups in total. The maximum Gasteiger partial charge on any atom is 0.122 e. The lowest BCUT2D eigenvalue weighted by Crippen LogP contribution is -2.18. The molecule has 18 heavy (non-hydrogen) atoms. The van der Waals surface area contributed by atoms with Gasteiger partial charge in [0.2, 0.25) is 0 Å². The van der Waals surface area contributed by atoms with Crippen molar-refractivity contribution in [1.82, 2.24) is 10.3 Å². The molecule has 2 atom stereocenters. The number of ether oxygens (including phenoxy) is 1. The first-order valence-electron chi connectivity index (χ1n) is 6.90. The summed E-state index contributed by atoms with van der Waals surface area (Å²) in [7, 11) is 1.80. The molecule has 2 unspecified atom stereocenters. The highest BCUT2D eigenvalue weighted by Crippen LogP contribution is 2.44. The summed E-state index contributed by atoms with van der Waals surface area (Å²) in [6.07, 6.45) is 3.96. The van der Waals surface area contributed by atoms with Crippen LogP contribution in [0.15, 0.2) is 0 Å². The van der Waals surface area contributed by atoms with E-state index in [0.29, 0.717) is 12.0 Å². The van der Waals surface area contributed by atoms with Crippen molar-refractivity contribution in [3.8, 4) is 0 Å². The fourth-order valence-corrected chi connectivity index (χ4v) is 3.57. The lowest BCUT2D eigenvalue weighted by molar-refractivity contribution is 0.0843. The fraction of sp³-hybridized carbons (Fsp3) is 0.786. The molecule has 0 aromatic carbocycles. The minimum absolute atomic E-state index is 0.223. The molecule has 4 heteroatoms. The Morgan fingerprint density at radius 3 is 2.78 bits per heavy atom. The van der Waals surface area contributed by atoms with Crippen LogP contribution < -0.4 is 5.32 Å². The molecule has 1 aromatic rings. The molecule has 1 fully saturated rings. The van der Waals surface area contributed by atoms with E-state index in [1.807, 2.05) is 11.3 Å². The first-order valence-corrected chi connectivity index (χ1v) is 7.72. The van der Waals surface area contributed by atoms with Crippen molar-refractivity contribution in [2.45, 2.75) is 52.2 Å². The number of nitrogens with one attached hydrogen (secondary N) is 1. The molecule has 0 radical (unpaired) electrons. The molecule has 1 aliphatic carbocycles. The van der Waals surface area contributed by atoms with Gasteiger partial charge in [-0.05, 0) is 45.6 Å². The predicted octanol–water partition coefficient (Wildman–Crippen LogP) is 3.61. The SMILES string of the molecule is CCCNC(C)c1sc(C(OC)C2CC2)nc1C. The van der Waals surface area contributed by atoms with Gasteiger partial charge in [0, 0.05) is 18.0 Å². The van der Waals surface area contributed by atoms with E-state index in [1.54, 1.807) is 7.11 Å². The Labute approximate surface area is 114 Å². The van der Waals surface area contributed by atoms with Crippen molar-refractivity contribution >= 4 is 11.3 Å². The van der Waals surface area contributed by atoms with Gasteiger partial charge in [0.15, 0.2) is 0 Å². The van der Waals surface area contributed by atoms with E-state index in [-0.39, 0.29) is 6.10 Å². The third-order valence-electron chi connectivity index (χ3n) is 3.49. The molecule has 0 bridgehead atoms. The summed E-state index contributed by atoms with van der Waals surface area (Å²) >= 11 is 1.82. The molecule has 0 spiro atoms. The van der Waals surface area contributed by atoms with Crippen molar-refractivity contribution in [2.75, 3.05) is 13.7 Å². The van der Waals surface area contributed by atoms with Gasteiger partial charge in [-0.2, -0.15) is 0 Å². The van der Waals surface area contributed by atoms with E-state index in [9.17, 15) is 0 Å². The van der Waals surface area contributed by atoms with Crippen LogP contribution in [0.2, 0.25) is 0 Å². The Hall–Kier alpha value is -0.450. The summed E-state index contributed by atoms with van der Waals surface area (Å²) in [6, 6.07) is 0.396. The predicted molar refractivity (Wildman–Crippen MR) is 76.0 cm³/mol. The molecule has 0 amide bonds. The van der Waals surface area contributed by atoms with Crippen LogP contribution in [-0.4, -0.2) is 18.6 Å². The molecular formula is C14H24N2OS. The van der Waals surface area contributed by atoms with Gasteiger partial charge in [-0.1, -0.05) is 6.92 Å². The number of hydrogen-bond acceptors (Lipinski definition) is 4. The van der Waals surface area contributed by atoms with Crippen LogP contribution in [0.5, 0.6) is 0 Å². The maximum atomic E-state index is 5.62. The minimum atomic E-state index is 0.223. The number of aryl methyl sites for hydroxylation is 1. The fourth-order valence-electron chi connectivity index (χ4n) is 2.30. The second-order valence-corrected chi connectivity index (χ2v) is 6.23. The molecule has 1 heterocycles. The molecular weight excluding hydrogens is 244 g/mol. The minimum Gasteiger partial charge on any atom is -0.374 e. The highest BCUT2D eigenvalue weighted by Gasteiger charge is 2.35. The van der Waals surface area contributed by atoms with Gasteiger partial charge in [-0.3, -0.25) is 0 Å². The molecule has 102 valence electrons. The Morgan fingerprint density at radius 2 is 2.22 bits per heavy atom. The number of methoxy groups -OCH3 is 1.